The minimum absolute atomic E-state index is 0.0397. The number of aromatic nitrogens is 2. The summed E-state index contributed by atoms with van der Waals surface area (Å²) in [6.07, 6.45) is 3.57. The topological polar surface area (TPSA) is 67.2 Å². The zero-order chi connectivity index (χ0) is 15.5. The Balaban J connectivity index is 1.63. The van der Waals surface area contributed by atoms with Crippen LogP contribution in [0.15, 0.2) is 41.6 Å². The molecule has 0 saturated heterocycles. The van der Waals surface area contributed by atoms with Crippen LogP contribution < -0.4 is 10.2 Å². The molecule has 1 aliphatic rings. The lowest BCUT2D eigenvalue weighted by molar-refractivity contribution is -0.117. The molecule has 0 bridgehead atoms. The van der Waals surface area contributed by atoms with Crippen LogP contribution in [0.5, 0.6) is 0 Å². The number of anilines is 2. The molecule has 6 nitrogen and oxygen atoms in total. The third kappa shape index (κ3) is 3.14. The Labute approximate surface area is 132 Å². The molecular formula is C15H16N4O2S. The van der Waals surface area contributed by atoms with Crippen LogP contribution in [-0.2, 0) is 16.6 Å². The van der Waals surface area contributed by atoms with Gasteiger partial charge in [-0.15, -0.1) is 11.8 Å². The summed E-state index contributed by atoms with van der Waals surface area (Å²) in [5.74, 6) is 0.329. The van der Waals surface area contributed by atoms with E-state index in [4.69, 9.17) is 0 Å². The van der Waals surface area contributed by atoms with Gasteiger partial charge in [0.2, 0.25) is 11.8 Å². The van der Waals surface area contributed by atoms with E-state index in [1.807, 2.05) is 24.3 Å². The number of amides is 2. The van der Waals surface area contributed by atoms with Gasteiger partial charge in [-0.1, -0.05) is 12.1 Å². The fourth-order valence-corrected chi connectivity index (χ4v) is 3.26. The van der Waals surface area contributed by atoms with Crippen molar-refractivity contribution in [2.24, 2.45) is 7.05 Å². The second kappa shape index (κ2) is 6.23. The fourth-order valence-electron chi connectivity index (χ4n) is 2.32. The normalized spacial score (nSPS) is 13.9. The largest absolute Gasteiger partial charge is 0.323 e. The number of nitrogens with zero attached hydrogens (tertiary/aromatic N) is 3. The molecule has 114 valence electrons. The number of carbonyl (C=O) groups excluding carboxylic acids is 2. The van der Waals surface area contributed by atoms with Crippen molar-refractivity contribution < 1.29 is 9.59 Å². The smallest absolute Gasteiger partial charge is 0.237 e. The van der Waals surface area contributed by atoms with Crippen molar-refractivity contribution in [2.45, 2.75) is 11.3 Å². The molecule has 2 aromatic rings. The third-order valence-corrected chi connectivity index (χ3v) is 4.41. The molecule has 7 heteroatoms. The first kappa shape index (κ1) is 14.6. The molecule has 1 aromatic carbocycles. The van der Waals surface area contributed by atoms with E-state index in [1.54, 1.807) is 29.0 Å². The zero-order valence-electron chi connectivity index (χ0n) is 12.2. The van der Waals surface area contributed by atoms with Crippen molar-refractivity contribution in [3.8, 4) is 0 Å². The number of benzene rings is 1. The standard InChI is InChI=1S/C15H16N4O2S/c1-18-9-11(8-16-18)17-14(20)6-7-19-12-4-2-3-5-13(12)22-10-15(19)21/h2-5,8-9H,6-7,10H2,1H3,(H,17,20). The zero-order valence-corrected chi connectivity index (χ0v) is 13.0. The lowest BCUT2D eigenvalue weighted by atomic mass is 10.2. The van der Waals surface area contributed by atoms with Gasteiger partial charge in [0.05, 0.1) is 23.3 Å². The van der Waals surface area contributed by atoms with Crippen molar-refractivity contribution in [3.63, 3.8) is 0 Å². The predicted octanol–water partition coefficient (Wildman–Crippen LogP) is 1.89. The maximum atomic E-state index is 12.1. The van der Waals surface area contributed by atoms with Crippen molar-refractivity contribution in [1.29, 1.82) is 0 Å². The number of hydrogen-bond donors (Lipinski definition) is 1. The summed E-state index contributed by atoms with van der Waals surface area (Å²) in [5, 5.41) is 6.77. The van der Waals surface area contributed by atoms with Gasteiger partial charge in [-0.25, -0.2) is 0 Å². The SMILES string of the molecule is Cn1cc(NC(=O)CCN2C(=O)CSc3ccccc32)cn1. The highest BCUT2D eigenvalue weighted by molar-refractivity contribution is 8.00. The molecule has 3 rings (SSSR count). The van der Waals surface area contributed by atoms with Crippen LogP contribution in [0.1, 0.15) is 6.42 Å². The highest BCUT2D eigenvalue weighted by Gasteiger charge is 2.24. The number of rotatable bonds is 4. The first-order valence-electron chi connectivity index (χ1n) is 6.94. The molecule has 0 fully saturated rings. The van der Waals surface area contributed by atoms with E-state index in [1.165, 1.54) is 11.8 Å². The summed E-state index contributed by atoms with van der Waals surface area (Å²) in [5.41, 5.74) is 1.55. The molecule has 0 aliphatic carbocycles. The molecule has 22 heavy (non-hydrogen) atoms. The fraction of sp³-hybridized carbons (Fsp3) is 0.267. The van der Waals surface area contributed by atoms with Crippen LogP contribution in [0.25, 0.3) is 0 Å². The maximum Gasteiger partial charge on any atom is 0.237 e. The van der Waals surface area contributed by atoms with Gasteiger partial charge in [0.15, 0.2) is 0 Å². The third-order valence-electron chi connectivity index (χ3n) is 3.36. The Hall–Kier alpha value is -2.28. The Morgan fingerprint density at radius 2 is 2.23 bits per heavy atom. The summed E-state index contributed by atoms with van der Waals surface area (Å²) < 4.78 is 1.62. The van der Waals surface area contributed by atoms with Gasteiger partial charge in [-0.3, -0.25) is 14.3 Å². The Morgan fingerprint density at radius 1 is 1.41 bits per heavy atom. The lowest BCUT2D eigenvalue weighted by Gasteiger charge is -2.28. The van der Waals surface area contributed by atoms with Crippen LogP contribution in [0, 0.1) is 0 Å². The van der Waals surface area contributed by atoms with Crippen molar-refractivity contribution in [3.05, 3.63) is 36.7 Å². The number of thioether (sulfide) groups is 1. The minimum Gasteiger partial charge on any atom is -0.323 e. The summed E-state index contributed by atoms with van der Waals surface area (Å²) >= 11 is 1.54. The Kier molecular flexibility index (Phi) is 4.15. The van der Waals surface area contributed by atoms with Crippen molar-refractivity contribution in [2.75, 3.05) is 22.5 Å². The monoisotopic (exact) mass is 316 g/mol. The van der Waals surface area contributed by atoms with E-state index in [9.17, 15) is 9.59 Å². The van der Waals surface area contributed by atoms with E-state index in [0.717, 1.165) is 10.6 Å². The van der Waals surface area contributed by atoms with Crippen LogP contribution in [-0.4, -0.2) is 33.9 Å². The minimum atomic E-state index is -0.128. The molecule has 0 radical (unpaired) electrons. The average molecular weight is 316 g/mol. The van der Waals surface area contributed by atoms with Gasteiger partial charge >= 0.3 is 0 Å². The molecule has 0 saturated carbocycles. The predicted molar refractivity (Wildman–Crippen MR) is 86.0 cm³/mol. The van der Waals surface area contributed by atoms with Gasteiger partial charge in [-0.2, -0.15) is 5.10 Å². The summed E-state index contributed by atoms with van der Waals surface area (Å²) in [4.78, 5) is 26.9. The number of aryl methyl sites for hydroxylation is 1. The molecular weight excluding hydrogens is 300 g/mol. The van der Waals surface area contributed by atoms with Crippen LogP contribution in [0.4, 0.5) is 11.4 Å². The van der Waals surface area contributed by atoms with Gasteiger partial charge in [0, 0.05) is 31.1 Å². The number of nitrogens with one attached hydrogen (secondary N) is 1. The number of fused-ring (bicyclic) bond motifs is 1. The molecule has 1 aromatic heterocycles. The summed E-state index contributed by atoms with van der Waals surface area (Å²) in [6, 6.07) is 7.77. The summed E-state index contributed by atoms with van der Waals surface area (Å²) in [6.45, 7) is 0.377. The lowest BCUT2D eigenvalue weighted by Crippen LogP contribution is -2.37. The second-order valence-electron chi connectivity index (χ2n) is 5.00. The second-order valence-corrected chi connectivity index (χ2v) is 6.02. The van der Waals surface area contributed by atoms with Crippen LogP contribution in [0.2, 0.25) is 0 Å². The Bertz CT molecular complexity index is 713. The summed E-state index contributed by atoms with van der Waals surface area (Å²) in [7, 11) is 1.79. The van der Waals surface area contributed by atoms with Crippen LogP contribution in [0.3, 0.4) is 0 Å². The number of carbonyl (C=O) groups is 2. The van der Waals surface area contributed by atoms with Gasteiger partial charge in [0.1, 0.15) is 0 Å². The Morgan fingerprint density at radius 3 is 3.00 bits per heavy atom. The van der Waals surface area contributed by atoms with Gasteiger partial charge < -0.3 is 10.2 Å². The maximum absolute atomic E-state index is 12.1. The van der Waals surface area contributed by atoms with Gasteiger partial charge in [0.25, 0.3) is 0 Å². The molecule has 0 atom stereocenters. The molecule has 0 spiro atoms. The highest BCUT2D eigenvalue weighted by Crippen LogP contribution is 2.34. The first-order valence-corrected chi connectivity index (χ1v) is 7.93. The van der Waals surface area contributed by atoms with Crippen molar-refractivity contribution in [1.82, 2.24) is 9.78 Å². The highest BCUT2D eigenvalue weighted by atomic mass is 32.2. The number of hydrogen-bond acceptors (Lipinski definition) is 4. The van der Waals surface area contributed by atoms with E-state index in [-0.39, 0.29) is 18.2 Å². The first-order chi connectivity index (χ1) is 10.6. The number of para-hydroxylation sites is 1. The van der Waals surface area contributed by atoms with Crippen LogP contribution >= 0.6 is 11.8 Å². The molecule has 1 N–H and O–H groups in total. The van der Waals surface area contributed by atoms with E-state index in [2.05, 4.69) is 10.4 Å². The van der Waals surface area contributed by atoms with E-state index >= 15 is 0 Å². The molecule has 0 unspecified atom stereocenters. The van der Waals surface area contributed by atoms with Gasteiger partial charge in [-0.05, 0) is 12.1 Å². The van der Waals surface area contributed by atoms with E-state index < -0.39 is 0 Å². The van der Waals surface area contributed by atoms with E-state index in [0.29, 0.717) is 18.0 Å². The average Bonchev–Trinajstić information content (AvgIpc) is 2.91. The quantitative estimate of drug-likeness (QED) is 0.935. The van der Waals surface area contributed by atoms with Crippen molar-refractivity contribution >= 4 is 35.0 Å². The molecule has 2 heterocycles. The molecule has 2 amide bonds. The molecule has 1 aliphatic heterocycles.